The van der Waals surface area contributed by atoms with Crippen molar-refractivity contribution >= 4 is 25.7 Å². The smallest absolute Gasteiger partial charge is 0.243 e. The summed E-state index contributed by atoms with van der Waals surface area (Å²) in [6, 6.07) is 17.2. The van der Waals surface area contributed by atoms with Crippen LogP contribution in [0.4, 0.5) is 10.1 Å². The number of aryl methyl sites for hydroxylation is 1. The Morgan fingerprint density at radius 2 is 1.69 bits per heavy atom. The van der Waals surface area contributed by atoms with Crippen molar-refractivity contribution in [3.05, 3.63) is 94.8 Å². The minimum atomic E-state index is -3.79. The highest BCUT2D eigenvalue weighted by Crippen LogP contribution is 2.27. The van der Waals surface area contributed by atoms with Gasteiger partial charge in [0.1, 0.15) is 5.82 Å². The number of nitrogens with zero attached hydrogens (tertiary/aromatic N) is 1. The van der Waals surface area contributed by atoms with E-state index < -0.39 is 25.9 Å². The summed E-state index contributed by atoms with van der Waals surface area (Å²) in [4.78, 5) is 0.0253. The van der Waals surface area contributed by atoms with E-state index in [1.54, 1.807) is 18.2 Å². The topological polar surface area (TPSA) is 83.6 Å². The molecule has 1 N–H and O–H groups in total. The Balaban J connectivity index is 1.53. The molecule has 0 saturated heterocycles. The zero-order valence-electron chi connectivity index (χ0n) is 17.5. The summed E-state index contributed by atoms with van der Waals surface area (Å²) >= 11 is 0. The lowest BCUT2D eigenvalue weighted by Gasteiger charge is -2.28. The Morgan fingerprint density at radius 3 is 2.41 bits per heavy atom. The van der Waals surface area contributed by atoms with Gasteiger partial charge in [-0.05, 0) is 66.4 Å². The number of rotatable bonds is 6. The molecule has 6 nitrogen and oxygen atoms in total. The summed E-state index contributed by atoms with van der Waals surface area (Å²) in [5.74, 6) is -0.660. The van der Waals surface area contributed by atoms with Crippen LogP contribution in [0.2, 0.25) is 0 Å². The SMILES string of the molecule is Cc1cccc(CS(=O)(=O)Nc2ccc3c(c2)CN(S(=O)(=O)c2ccc(F)cc2)CC3)c1. The van der Waals surface area contributed by atoms with Gasteiger partial charge in [-0.15, -0.1) is 0 Å². The summed E-state index contributed by atoms with van der Waals surface area (Å²) in [5, 5.41) is 0. The van der Waals surface area contributed by atoms with E-state index in [0.717, 1.165) is 28.8 Å². The summed E-state index contributed by atoms with van der Waals surface area (Å²) in [7, 11) is -7.42. The van der Waals surface area contributed by atoms with E-state index in [4.69, 9.17) is 0 Å². The Morgan fingerprint density at radius 1 is 0.938 bits per heavy atom. The van der Waals surface area contributed by atoms with E-state index in [-0.39, 0.29) is 17.2 Å². The molecule has 0 bridgehead atoms. The van der Waals surface area contributed by atoms with Crippen molar-refractivity contribution < 1.29 is 21.2 Å². The largest absolute Gasteiger partial charge is 0.283 e. The molecule has 0 radical (unpaired) electrons. The Kier molecular flexibility index (Phi) is 6.07. The maximum absolute atomic E-state index is 13.2. The molecule has 4 rings (SSSR count). The van der Waals surface area contributed by atoms with Gasteiger partial charge in [0.2, 0.25) is 20.0 Å². The normalized spacial score (nSPS) is 14.7. The van der Waals surface area contributed by atoms with Crippen molar-refractivity contribution in [3.8, 4) is 0 Å². The molecule has 168 valence electrons. The highest BCUT2D eigenvalue weighted by Gasteiger charge is 2.28. The first kappa shape index (κ1) is 22.4. The van der Waals surface area contributed by atoms with Gasteiger partial charge < -0.3 is 0 Å². The Hall–Kier alpha value is -2.75. The maximum Gasteiger partial charge on any atom is 0.243 e. The third-order valence-electron chi connectivity index (χ3n) is 5.35. The van der Waals surface area contributed by atoms with Gasteiger partial charge in [-0.2, -0.15) is 4.31 Å². The van der Waals surface area contributed by atoms with Crippen LogP contribution in [0.5, 0.6) is 0 Å². The lowest BCUT2D eigenvalue weighted by Crippen LogP contribution is -2.36. The van der Waals surface area contributed by atoms with Gasteiger partial charge in [0.25, 0.3) is 0 Å². The van der Waals surface area contributed by atoms with Crippen molar-refractivity contribution in [2.45, 2.75) is 30.5 Å². The second-order valence-electron chi connectivity index (χ2n) is 7.88. The second kappa shape index (κ2) is 8.65. The van der Waals surface area contributed by atoms with Crippen LogP contribution < -0.4 is 4.72 Å². The van der Waals surface area contributed by atoms with Crippen LogP contribution in [0.25, 0.3) is 0 Å². The van der Waals surface area contributed by atoms with Crippen LogP contribution in [0, 0.1) is 12.7 Å². The van der Waals surface area contributed by atoms with Crippen molar-refractivity contribution in [1.29, 1.82) is 0 Å². The molecule has 0 amide bonds. The van der Waals surface area contributed by atoms with Gasteiger partial charge in [-0.3, -0.25) is 4.72 Å². The summed E-state index contributed by atoms with van der Waals surface area (Å²) in [6.45, 7) is 2.31. The molecule has 9 heteroatoms. The summed E-state index contributed by atoms with van der Waals surface area (Å²) in [5.41, 5.74) is 3.76. The van der Waals surface area contributed by atoms with Crippen LogP contribution in [0.15, 0.2) is 71.6 Å². The fraction of sp³-hybridized carbons (Fsp3) is 0.217. The fourth-order valence-corrected chi connectivity index (χ4v) is 6.39. The predicted octanol–water partition coefficient (Wildman–Crippen LogP) is 3.82. The molecule has 0 aromatic heterocycles. The minimum absolute atomic E-state index is 0.0253. The number of anilines is 1. The fourth-order valence-electron chi connectivity index (χ4n) is 3.79. The average Bonchev–Trinajstić information content (AvgIpc) is 2.73. The van der Waals surface area contributed by atoms with Gasteiger partial charge in [0.05, 0.1) is 10.6 Å². The van der Waals surface area contributed by atoms with E-state index in [2.05, 4.69) is 4.72 Å². The molecule has 3 aromatic carbocycles. The van der Waals surface area contributed by atoms with Gasteiger partial charge in [-0.1, -0.05) is 35.9 Å². The third kappa shape index (κ3) is 5.01. The Labute approximate surface area is 187 Å². The first-order valence-corrected chi connectivity index (χ1v) is 13.2. The quantitative estimate of drug-likeness (QED) is 0.589. The number of halogens is 1. The maximum atomic E-state index is 13.2. The first-order valence-electron chi connectivity index (χ1n) is 10.1. The molecule has 1 heterocycles. The molecular weight excluding hydrogens is 451 g/mol. The molecule has 0 unspecified atom stereocenters. The minimum Gasteiger partial charge on any atom is -0.283 e. The molecular formula is C23H23FN2O4S2. The van der Waals surface area contributed by atoms with Gasteiger partial charge in [0, 0.05) is 18.8 Å². The number of benzene rings is 3. The third-order valence-corrected chi connectivity index (χ3v) is 8.47. The van der Waals surface area contributed by atoms with Gasteiger partial charge in [0.15, 0.2) is 0 Å². The van der Waals surface area contributed by atoms with Crippen molar-refractivity contribution in [3.63, 3.8) is 0 Å². The summed E-state index contributed by atoms with van der Waals surface area (Å²) in [6.07, 6.45) is 0.506. The lowest BCUT2D eigenvalue weighted by atomic mass is 10.0. The van der Waals surface area contributed by atoms with Crippen LogP contribution in [-0.2, 0) is 38.8 Å². The van der Waals surface area contributed by atoms with Gasteiger partial charge >= 0.3 is 0 Å². The van der Waals surface area contributed by atoms with E-state index >= 15 is 0 Å². The van der Waals surface area contributed by atoms with Gasteiger partial charge in [-0.25, -0.2) is 21.2 Å². The molecule has 1 aliphatic heterocycles. The predicted molar refractivity (Wildman–Crippen MR) is 122 cm³/mol. The zero-order chi connectivity index (χ0) is 22.9. The van der Waals surface area contributed by atoms with Crippen molar-refractivity contribution in [1.82, 2.24) is 4.31 Å². The molecule has 0 atom stereocenters. The first-order chi connectivity index (χ1) is 15.1. The molecule has 0 saturated carbocycles. The number of hydrogen-bond acceptors (Lipinski definition) is 4. The number of sulfonamides is 2. The van der Waals surface area contributed by atoms with Crippen LogP contribution >= 0.6 is 0 Å². The van der Waals surface area contributed by atoms with Crippen LogP contribution in [0.3, 0.4) is 0 Å². The van der Waals surface area contributed by atoms with E-state index in [1.165, 1.54) is 16.4 Å². The standard InChI is InChI=1S/C23H23FN2O4S2/c1-17-3-2-4-18(13-17)16-31(27,28)25-22-8-5-19-11-12-26(15-20(19)14-22)32(29,30)23-9-6-21(24)7-10-23/h2-10,13-14,25H,11-12,15-16H2,1H3. The number of fused-ring (bicyclic) bond motifs is 1. The van der Waals surface area contributed by atoms with Crippen molar-refractivity contribution in [2.24, 2.45) is 0 Å². The molecule has 0 spiro atoms. The highest BCUT2D eigenvalue weighted by molar-refractivity contribution is 7.91. The van der Waals surface area contributed by atoms with E-state index in [1.807, 2.05) is 31.2 Å². The number of hydrogen-bond donors (Lipinski definition) is 1. The zero-order valence-corrected chi connectivity index (χ0v) is 19.1. The highest BCUT2D eigenvalue weighted by atomic mass is 32.2. The van der Waals surface area contributed by atoms with Crippen LogP contribution in [-0.4, -0.2) is 27.7 Å². The average molecular weight is 475 g/mol. The monoisotopic (exact) mass is 474 g/mol. The summed E-state index contributed by atoms with van der Waals surface area (Å²) < 4.78 is 68.3. The molecule has 1 aliphatic rings. The van der Waals surface area contributed by atoms with Crippen molar-refractivity contribution in [2.75, 3.05) is 11.3 Å². The van der Waals surface area contributed by atoms with Crippen LogP contribution in [0.1, 0.15) is 22.3 Å². The lowest BCUT2D eigenvalue weighted by molar-refractivity contribution is 0.391. The van der Waals surface area contributed by atoms with E-state index in [0.29, 0.717) is 24.2 Å². The molecule has 0 aliphatic carbocycles. The molecule has 32 heavy (non-hydrogen) atoms. The Bertz CT molecular complexity index is 1350. The van der Waals surface area contributed by atoms with E-state index in [9.17, 15) is 21.2 Å². The number of nitrogens with one attached hydrogen (secondary N) is 1. The molecule has 3 aromatic rings. The molecule has 0 fully saturated rings. The second-order valence-corrected chi connectivity index (χ2v) is 11.5.